The van der Waals surface area contributed by atoms with Crippen LogP contribution in [0.2, 0.25) is 0 Å². The van der Waals surface area contributed by atoms with Crippen LogP contribution in [-0.4, -0.2) is 34.8 Å². The van der Waals surface area contributed by atoms with Crippen molar-refractivity contribution in [3.8, 4) is 0 Å². The van der Waals surface area contributed by atoms with Gasteiger partial charge >= 0.3 is 0 Å². The number of hydrogen-bond acceptors (Lipinski definition) is 3. The summed E-state index contributed by atoms with van der Waals surface area (Å²) in [5.74, 6) is 1.32. The lowest BCUT2D eigenvalue weighted by Crippen LogP contribution is -2.32. The second-order valence-electron chi connectivity index (χ2n) is 4.57. The van der Waals surface area contributed by atoms with E-state index in [0.29, 0.717) is 12.5 Å². The highest BCUT2D eigenvalue weighted by molar-refractivity contribution is 7.88. The molecule has 4 nitrogen and oxygen atoms in total. The van der Waals surface area contributed by atoms with Crippen molar-refractivity contribution in [3.05, 3.63) is 0 Å². The first-order valence-electron chi connectivity index (χ1n) is 5.60. The molecule has 0 heterocycles. The van der Waals surface area contributed by atoms with Gasteiger partial charge in [-0.25, -0.2) is 13.1 Å². The highest BCUT2D eigenvalue weighted by Gasteiger charge is 2.21. The summed E-state index contributed by atoms with van der Waals surface area (Å²) in [6.45, 7) is 1.71. The molecule has 0 aromatic carbocycles. The summed E-state index contributed by atoms with van der Waals surface area (Å²) in [6, 6.07) is 0. The topological polar surface area (TPSA) is 58.2 Å². The minimum absolute atomic E-state index is 0.535. The molecule has 0 saturated heterocycles. The van der Waals surface area contributed by atoms with Crippen LogP contribution in [0, 0.1) is 11.8 Å². The van der Waals surface area contributed by atoms with Gasteiger partial charge in [-0.05, 0) is 51.1 Å². The van der Waals surface area contributed by atoms with Crippen molar-refractivity contribution in [3.63, 3.8) is 0 Å². The lowest BCUT2D eigenvalue weighted by atomic mass is 9.82. The molecule has 0 unspecified atom stereocenters. The summed E-state index contributed by atoms with van der Waals surface area (Å²) >= 11 is 0. The van der Waals surface area contributed by atoms with Crippen LogP contribution in [0.15, 0.2) is 0 Å². The molecular weight excluding hydrogens is 212 g/mol. The minimum Gasteiger partial charge on any atom is -0.319 e. The van der Waals surface area contributed by atoms with Crippen LogP contribution in [0.1, 0.15) is 25.7 Å². The Hall–Kier alpha value is -0.130. The van der Waals surface area contributed by atoms with Gasteiger partial charge in [-0.2, -0.15) is 0 Å². The Kier molecular flexibility index (Phi) is 5.02. The summed E-state index contributed by atoms with van der Waals surface area (Å²) in [4.78, 5) is 0. The van der Waals surface area contributed by atoms with Crippen LogP contribution in [-0.2, 0) is 10.0 Å². The summed E-state index contributed by atoms with van der Waals surface area (Å²) in [7, 11) is -1.03. The van der Waals surface area contributed by atoms with Gasteiger partial charge in [0.2, 0.25) is 10.0 Å². The van der Waals surface area contributed by atoms with Crippen LogP contribution in [0.5, 0.6) is 0 Å². The number of nitrogens with one attached hydrogen (secondary N) is 2. The molecule has 1 aliphatic rings. The van der Waals surface area contributed by atoms with Gasteiger partial charge in [0.05, 0.1) is 6.26 Å². The van der Waals surface area contributed by atoms with Crippen LogP contribution in [0.4, 0.5) is 0 Å². The Balaban J connectivity index is 2.20. The molecule has 1 saturated carbocycles. The predicted octanol–water partition coefficient (Wildman–Crippen LogP) is 0.561. The number of hydrogen-bond donors (Lipinski definition) is 2. The molecule has 0 radical (unpaired) electrons. The van der Waals surface area contributed by atoms with Crippen molar-refractivity contribution >= 4 is 10.0 Å². The predicted molar refractivity (Wildman–Crippen MR) is 62.2 cm³/mol. The van der Waals surface area contributed by atoms with Gasteiger partial charge in [0.25, 0.3) is 0 Å². The molecule has 15 heavy (non-hydrogen) atoms. The molecular formula is C10H22N2O2S. The van der Waals surface area contributed by atoms with E-state index in [2.05, 4.69) is 10.0 Å². The van der Waals surface area contributed by atoms with Crippen molar-refractivity contribution in [1.29, 1.82) is 0 Å². The minimum atomic E-state index is -3.01. The van der Waals surface area contributed by atoms with E-state index in [4.69, 9.17) is 0 Å². The first-order valence-corrected chi connectivity index (χ1v) is 7.49. The zero-order valence-corrected chi connectivity index (χ0v) is 10.4. The van der Waals surface area contributed by atoms with Gasteiger partial charge < -0.3 is 5.32 Å². The summed E-state index contributed by atoms with van der Waals surface area (Å²) < 4.78 is 24.4. The third-order valence-electron chi connectivity index (χ3n) is 3.09. The van der Waals surface area contributed by atoms with Crippen LogP contribution < -0.4 is 10.0 Å². The van der Waals surface area contributed by atoms with E-state index >= 15 is 0 Å². The zero-order chi connectivity index (χ0) is 11.3. The smallest absolute Gasteiger partial charge is 0.208 e. The molecule has 5 heteroatoms. The van der Waals surface area contributed by atoms with Crippen LogP contribution in [0.25, 0.3) is 0 Å². The SMILES string of the molecule is CNCC1CCC(CNS(C)(=O)=O)CC1. The average Bonchev–Trinajstić information content (AvgIpc) is 2.16. The van der Waals surface area contributed by atoms with Crippen molar-refractivity contribution in [1.82, 2.24) is 10.0 Å². The first-order chi connectivity index (χ1) is 7.01. The molecule has 0 aromatic rings. The first kappa shape index (κ1) is 12.9. The molecule has 1 rings (SSSR count). The van der Waals surface area contributed by atoms with Crippen molar-refractivity contribution in [2.24, 2.45) is 11.8 Å². The van der Waals surface area contributed by atoms with E-state index in [1.807, 2.05) is 7.05 Å². The average molecular weight is 234 g/mol. The monoisotopic (exact) mass is 234 g/mol. The second kappa shape index (κ2) is 5.82. The standard InChI is InChI=1S/C10H22N2O2S/c1-11-7-9-3-5-10(6-4-9)8-12-15(2,13)14/h9-12H,3-8H2,1-2H3. The molecule has 0 amide bonds. The van der Waals surface area contributed by atoms with E-state index in [-0.39, 0.29) is 0 Å². The van der Waals surface area contributed by atoms with E-state index < -0.39 is 10.0 Å². The zero-order valence-electron chi connectivity index (χ0n) is 9.62. The Morgan fingerprint density at radius 3 is 1.93 bits per heavy atom. The fourth-order valence-corrected chi connectivity index (χ4v) is 2.74. The van der Waals surface area contributed by atoms with Crippen molar-refractivity contribution in [2.45, 2.75) is 25.7 Å². The number of rotatable bonds is 5. The third-order valence-corrected chi connectivity index (χ3v) is 3.78. The van der Waals surface area contributed by atoms with Gasteiger partial charge in [0.1, 0.15) is 0 Å². The van der Waals surface area contributed by atoms with Crippen molar-refractivity contribution in [2.75, 3.05) is 26.4 Å². The summed E-state index contributed by atoms with van der Waals surface area (Å²) in [6.07, 6.45) is 5.96. The largest absolute Gasteiger partial charge is 0.319 e. The van der Waals surface area contributed by atoms with Crippen LogP contribution in [0.3, 0.4) is 0 Å². The Bertz CT molecular complexity index is 269. The Morgan fingerprint density at radius 2 is 1.53 bits per heavy atom. The molecule has 1 aliphatic carbocycles. The summed E-state index contributed by atoms with van der Waals surface area (Å²) in [5.41, 5.74) is 0. The molecule has 0 atom stereocenters. The molecule has 90 valence electrons. The lowest BCUT2D eigenvalue weighted by molar-refractivity contribution is 0.272. The van der Waals surface area contributed by atoms with Gasteiger partial charge in [0, 0.05) is 6.54 Å². The highest BCUT2D eigenvalue weighted by Crippen LogP contribution is 2.27. The maximum absolute atomic E-state index is 10.9. The quantitative estimate of drug-likeness (QED) is 0.731. The van der Waals surface area contributed by atoms with E-state index in [1.165, 1.54) is 19.1 Å². The van der Waals surface area contributed by atoms with E-state index in [0.717, 1.165) is 25.3 Å². The highest BCUT2D eigenvalue weighted by atomic mass is 32.2. The molecule has 2 N–H and O–H groups in total. The fraction of sp³-hybridized carbons (Fsp3) is 1.00. The molecule has 0 bridgehead atoms. The van der Waals surface area contributed by atoms with E-state index in [1.54, 1.807) is 0 Å². The van der Waals surface area contributed by atoms with Gasteiger partial charge in [-0.15, -0.1) is 0 Å². The molecule has 0 aliphatic heterocycles. The third kappa shape index (κ3) is 5.49. The number of sulfonamides is 1. The maximum Gasteiger partial charge on any atom is 0.208 e. The van der Waals surface area contributed by atoms with Gasteiger partial charge in [-0.1, -0.05) is 0 Å². The Labute approximate surface area is 92.9 Å². The van der Waals surface area contributed by atoms with Crippen molar-refractivity contribution < 1.29 is 8.42 Å². The lowest BCUT2D eigenvalue weighted by Gasteiger charge is -2.28. The maximum atomic E-state index is 10.9. The molecule has 1 fully saturated rings. The normalized spacial score (nSPS) is 27.9. The van der Waals surface area contributed by atoms with Gasteiger partial charge in [0.15, 0.2) is 0 Å². The van der Waals surface area contributed by atoms with Gasteiger partial charge in [-0.3, -0.25) is 0 Å². The Morgan fingerprint density at radius 1 is 1.07 bits per heavy atom. The fourth-order valence-electron chi connectivity index (χ4n) is 2.20. The molecule has 0 spiro atoms. The molecule has 0 aromatic heterocycles. The second-order valence-corrected chi connectivity index (χ2v) is 6.40. The van der Waals surface area contributed by atoms with Crippen LogP contribution >= 0.6 is 0 Å². The summed E-state index contributed by atoms with van der Waals surface area (Å²) in [5, 5.41) is 3.20. The van der Waals surface area contributed by atoms with E-state index in [9.17, 15) is 8.42 Å².